The summed E-state index contributed by atoms with van der Waals surface area (Å²) in [7, 11) is -3.44. The van der Waals surface area contributed by atoms with Crippen LogP contribution in [-0.2, 0) is 20.0 Å². The summed E-state index contributed by atoms with van der Waals surface area (Å²) in [6.07, 6.45) is 0.387. The number of rotatable bonds is 9. The first-order chi connectivity index (χ1) is 11.7. The van der Waals surface area contributed by atoms with Gasteiger partial charge in [0.1, 0.15) is 0 Å². The van der Waals surface area contributed by atoms with Crippen molar-refractivity contribution >= 4 is 18.7 Å². The van der Waals surface area contributed by atoms with E-state index >= 15 is 0 Å². The summed E-state index contributed by atoms with van der Waals surface area (Å²) in [6.45, 7) is 4.15. The molecule has 6 heteroatoms. The van der Waals surface area contributed by atoms with Gasteiger partial charge in [0.15, 0.2) is 5.45 Å². The van der Waals surface area contributed by atoms with Crippen LogP contribution in [0.25, 0.3) is 0 Å². The Balaban J connectivity index is 2.30. The summed E-state index contributed by atoms with van der Waals surface area (Å²) in [5, 5.41) is 4.35. The molecule has 1 N–H and O–H groups in total. The summed E-state index contributed by atoms with van der Waals surface area (Å²) in [5.41, 5.74) is 5.10. The van der Waals surface area contributed by atoms with E-state index in [1.807, 2.05) is 60.7 Å². The van der Waals surface area contributed by atoms with Crippen molar-refractivity contribution in [2.75, 3.05) is 18.6 Å². The normalized spacial score (nSPS) is 12.2. The highest BCUT2D eigenvalue weighted by Gasteiger charge is 2.31. The number of para-hydroxylation sites is 1. The maximum absolute atomic E-state index is 13.1. The standard InChI is InChI=1S/C18H23N2O3P/c1-3-22-24(21,23-4-2)18(15-16-11-7-5-8-12-16)20-19-17-13-9-6-10-14-17/h5-14,19H,3-4,15H2,1-2H3/b20-18+. The molecule has 0 aliphatic heterocycles. The average molecular weight is 346 g/mol. The van der Waals surface area contributed by atoms with Gasteiger partial charge in [-0.05, 0) is 31.5 Å². The number of nitrogens with zero attached hydrogens (tertiary/aromatic N) is 1. The highest BCUT2D eigenvalue weighted by Crippen LogP contribution is 2.50. The first-order valence-corrected chi connectivity index (χ1v) is 9.53. The van der Waals surface area contributed by atoms with Crippen LogP contribution in [0, 0.1) is 0 Å². The Hall–Kier alpha value is -1.94. The Morgan fingerprint density at radius 3 is 2.04 bits per heavy atom. The number of benzene rings is 2. The van der Waals surface area contributed by atoms with E-state index in [4.69, 9.17) is 9.05 Å². The Kier molecular flexibility index (Phi) is 7.19. The lowest BCUT2D eigenvalue weighted by Gasteiger charge is -2.19. The Morgan fingerprint density at radius 2 is 1.50 bits per heavy atom. The predicted molar refractivity (Wildman–Crippen MR) is 98.5 cm³/mol. The van der Waals surface area contributed by atoms with E-state index < -0.39 is 7.60 Å². The van der Waals surface area contributed by atoms with Gasteiger partial charge in [-0.25, -0.2) is 0 Å². The quantitative estimate of drug-likeness (QED) is 0.398. The van der Waals surface area contributed by atoms with E-state index in [1.54, 1.807) is 13.8 Å². The molecule has 0 amide bonds. The first kappa shape index (κ1) is 18.4. The first-order valence-electron chi connectivity index (χ1n) is 7.99. The van der Waals surface area contributed by atoms with Gasteiger partial charge in [0.25, 0.3) is 0 Å². The summed E-state index contributed by atoms with van der Waals surface area (Å²) in [4.78, 5) is 0. The molecule has 0 heterocycles. The SMILES string of the molecule is CCOP(=O)(OCC)/C(Cc1ccccc1)=N/Nc1ccccc1. The van der Waals surface area contributed by atoms with Crippen molar-refractivity contribution < 1.29 is 13.6 Å². The zero-order chi connectivity index (χ0) is 17.3. The topological polar surface area (TPSA) is 59.9 Å². The number of nitrogens with one attached hydrogen (secondary N) is 1. The average Bonchev–Trinajstić information content (AvgIpc) is 2.61. The molecule has 0 spiro atoms. The van der Waals surface area contributed by atoms with E-state index in [2.05, 4.69) is 10.5 Å². The second kappa shape index (κ2) is 9.38. The van der Waals surface area contributed by atoms with Crippen molar-refractivity contribution in [2.45, 2.75) is 20.3 Å². The molecule has 5 nitrogen and oxygen atoms in total. The van der Waals surface area contributed by atoms with E-state index in [9.17, 15) is 4.57 Å². The van der Waals surface area contributed by atoms with Gasteiger partial charge in [-0.15, -0.1) is 0 Å². The third kappa shape index (κ3) is 5.31. The van der Waals surface area contributed by atoms with Crippen molar-refractivity contribution in [1.82, 2.24) is 0 Å². The lowest BCUT2D eigenvalue weighted by atomic mass is 10.2. The fourth-order valence-corrected chi connectivity index (χ4v) is 3.75. The highest BCUT2D eigenvalue weighted by molar-refractivity contribution is 7.72. The predicted octanol–water partition coefficient (Wildman–Crippen LogP) is 4.92. The van der Waals surface area contributed by atoms with E-state index in [0.29, 0.717) is 11.9 Å². The van der Waals surface area contributed by atoms with Crippen LogP contribution in [0.1, 0.15) is 19.4 Å². The third-order valence-electron chi connectivity index (χ3n) is 3.21. The van der Waals surface area contributed by atoms with Crippen molar-refractivity contribution in [3.05, 3.63) is 66.2 Å². The minimum atomic E-state index is -3.44. The molecular weight excluding hydrogens is 323 g/mol. The zero-order valence-electron chi connectivity index (χ0n) is 14.0. The summed E-state index contributed by atoms with van der Waals surface area (Å²) in [6, 6.07) is 19.2. The largest absolute Gasteiger partial charge is 0.377 e. The molecule has 0 fully saturated rings. The van der Waals surface area contributed by atoms with Crippen molar-refractivity contribution in [1.29, 1.82) is 0 Å². The van der Waals surface area contributed by atoms with Crippen LogP contribution in [0.15, 0.2) is 65.8 Å². The van der Waals surface area contributed by atoms with Gasteiger partial charge >= 0.3 is 7.60 Å². The molecule has 0 aromatic heterocycles. The van der Waals surface area contributed by atoms with E-state index in [-0.39, 0.29) is 13.2 Å². The van der Waals surface area contributed by atoms with Crippen LogP contribution in [0.2, 0.25) is 0 Å². The fourth-order valence-electron chi connectivity index (χ4n) is 2.14. The number of hydrazone groups is 1. The maximum atomic E-state index is 13.1. The third-order valence-corrected chi connectivity index (χ3v) is 5.29. The zero-order valence-corrected chi connectivity index (χ0v) is 14.9. The molecule has 0 aliphatic rings. The van der Waals surface area contributed by atoms with Crippen LogP contribution in [0.4, 0.5) is 5.69 Å². The summed E-state index contributed by atoms with van der Waals surface area (Å²) >= 11 is 0. The van der Waals surface area contributed by atoms with Gasteiger partial charge in [-0.2, -0.15) is 5.10 Å². The Morgan fingerprint density at radius 1 is 0.958 bits per heavy atom. The van der Waals surface area contributed by atoms with Crippen molar-refractivity contribution in [3.63, 3.8) is 0 Å². The van der Waals surface area contributed by atoms with E-state index in [1.165, 1.54) is 0 Å². The summed E-state index contributed by atoms with van der Waals surface area (Å²) < 4.78 is 24.0. The van der Waals surface area contributed by atoms with Crippen LogP contribution >= 0.6 is 7.60 Å². The fraction of sp³-hybridized carbons (Fsp3) is 0.278. The summed E-state index contributed by atoms with van der Waals surface area (Å²) in [5.74, 6) is 0. The molecule has 128 valence electrons. The molecule has 24 heavy (non-hydrogen) atoms. The van der Waals surface area contributed by atoms with Gasteiger partial charge in [0.05, 0.1) is 18.9 Å². The van der Waals surface area contributed by atoms with Gasteiger partial charge in [-0.3, -0.25) is 9.99 Å². The molecule has 0 unspecified atom stereocenters. The van der Waals surface area contributed by atoms with Crippen LogP contribution in [0.5, 0.6) is 0 Å². The molecule has 2 aromatic carbocycles. The number of anilines is 1. The highest BCUT2D eigenvalue weighted by atomic mass is 31.2. The van der Waals surface area contributed by atoms with Crippen LogP contribution < -0.4 is 5.43 Å². The van der Waals surface area contributed by atoms with Gasteiger partial charge in [0.2, 0.25) is 0 Å². The van der Waals surface area contributed by atoms with E-state index in [0.717, 1.165) is 11.3 Å². The molecule has 2 rings (SSSR count). The molecule has 2 aromatic rings. The lowest BCUT2D eigenvalue weighted by molar-refractivity contribution is 0.232. The second-order valence-electron chi connectivity index (χ2n) is 5.00. The van der Waals surface area contributed by atoms with Crippen LogP contribution in [0.3, 0.4) is 0 Å². The smallest absolute Gasteiger partial charge is 0.305 e. The molecule has 0 radical (unpaired) electrons. The Bertz CT molecular complexity index is 680. The number of hydrogen-bond acceptors (Lipinski definition) is 5. The second-order valence-corrected chi connectivity index (χ2v) is 7.03. The Labute approximate surface area is 143 Å². The molecule has 0 saturated carbocycles. The number of hydrogen-bond donors (Lipinski definition) is 1. The minimum Gasteiger partial charge on any atom is -0.305 e. The van der Waals surface area contributed by atoms with Crippen molar-refractivity contribution in [3.8, 4) is 0 Å². The molecular formula is C18H23N2O3P. The van der Waals surface area contributed by atoms with Gasteiger partial charge in [0, 0.05) is 6.42 Å². The van der Waals surface area contributed by atoms with Crippen LogP contribution in [-0.4, -0.2) is 18.7 Å². The van der Waals surface area contributed by atoms with Crippen molar-refractivity contribution in [2.24, 2.45) is 5.10 Å². The molecule has 0 atom stereocenters. The van der Waals surface area contributed by atoms with Gasteiger partial charge in [-0.1, -0.05) is 48.5 Å². The maximum Gasteiger partial charge on any atom is 0.377 e. The monoisotopic (exact) mass is 346 g/mol. The molecule has 0 aliphatic carbocycles. The minimum absolute atomic E-state index is 0.288. The van der Waals surface area contributed by atoms with Gasteiger partial charge < -0.3 is 9.05 Å². The molecule has 0 bridgehead atoms. The molecule has 0 saturated heterocycles. The lowest BCUT2D eigenvalue weighted by Crippen LogP contribution is -2.12.